The van der Waals surface area contributed by atoms with Crippen LogP contribution in [-0.2, 0) is 0 Å². The molecule has 0 spiro atoms. The highest BCUT2D eigenvalue weighted by Crippen LogP contribution is 2.38. The van der Waals surface area contributed by atoms with Gasteiger partial charge in [-0.15, -0.1) is 11.3 Å². The van der Waals surface area contributed by atoms with Crippen molar-refractivity contribution in [3.05, 3.63) is 27.0 Å². The van der Waals surface area contributed by atoms with Gasteiger partial charge in [0, 0.05) is 10.1 Å². The number of hydrogen-bond acceptors (Lipinski definition) is 2. The molecule has 1 aromatic carbocycles. The van der Waals surface area contributed by atoms with Gasteiger partial charge in [0.25, 0.3) is 0 Å². The topological polar surface area (TPSA) is 9.23 Å². The molecule has 0 fully saturated rings. The molecule has 0 aliphatic heterocycles. The third-order valence-electron chi connectivity index (χ3n) is 1.79. The minimum absolute atomic E-state index is 0.795. The van der Waals surface area contributed by atoms with E-state index in [0.29, 0.717) is 0 Å². The van der Waals surface area contributed by atoms with Gasteiger partial charge in [0.1, 0.15) is 5.75 Å². The molecular formula is C9H6BrClOS. The number of ether oxygens (including phenoxy) is 1. The first kappa shape index (κ1) is 9.31. The Morgan fingerprint density at radius 1 is 1.46 bits per heavy atom. The van der Waals surface area contributed by atoms with E-state index in [0.717, 1.165) is 24.6 Å². The summed E-state index contributed by atoms with van der Waals surface area (Å²) in [6.07, 6.45) is 0. The predicted octanol–water partition coefficient (Wildman–Crippen LogP) is 4.33. The highest BCUT2D eigenvalue weighted by atomic mass is 79.9. The Morgan fingerprint density at radius 2 is 2.23 bits per heavy atom. The van der Waals surface area contributed by atoms with Crippen molar-refractivity contribution in [3.8, 4) is 5.75 Å². The van der Waals surface area contributed by atoms with E-state index in [1.807, 2.05) is 18.2 Å². The molecule has 0 aliphatic carbocycles. The van der Waals surface area contributed by atoms with Crippen LogP contribution >= 0.6 is 38.9 Å². The summed E-state index contributed by atoms with van der Waals surface area (Å²) in [6, 6.07) is 5.88. The summed E-state index contributed by atoms with van der Waals surface area (Å²) in [5.74, 6) is 0.835. The third-order valence-corrected chi connectivity index (χ3v) is 3.84. The molecule has 0 N–H and O–H groups in total. The van der Waals surface area contributed by atoms with Crippen LogP contribution in [0.1, 0.15) is 0 Å². The van der Waals surface area contributed by atoms with Crippen molar-refractivity contribution in [2.24, 2.45) is 0 Å². The van der Waals surface area contributed by atoms with Crippen LogP contribution in [0.2, 0.25) is 4.34 Å². The van der Waals surface area contributed by atoms with Gasteiger partial charge in [-0.2, -0.15) is 0 Å². The molecule has 1 nitrogen and oxygen atoms in total. The van der Waals surface area contributed by atoms with E-state index in [1.54, 1.807) is 18.4 Å². The lowest BCUT2D eigenvalue weighted by atomic mass is 10.2. The van der Waals surface area contributed by atoms with Gasteiger partial charge in [0.15, 0.2) is 0 Å². The minimum Gasteiger partial charge on any atom is -0.496 e. The lowest BCUT2D eigenvalue weighted by Gasteiger charge is -2.02. The number of hydrogen-bond donors (Lipinski definition) is 0. The van der Waals surface area contributed by atoms with E-state index >= 15 is 0 Å². The lowest BCUT2D eigenvalue weighted by Crippen LogP contribution is -1.82. The van der Waals surface area contributed by atoms with Crippen LogP contribution in [0.25, 0.3) is 10.1 Å². The van der Waals surface area contributed by atoms with Crippen LogP contribution in [0, 0.1) is 0 Å². The van der Waals surface area contributed by atoms with E-state index in [9.17, 15) is 0 Å². The van der Waals surface area contributed by atoms with E-state index in [4.69, 9.17) is 16.3 Å². The molecule has 2 rings (SSSR count). The molecule has 0 radical (unpaired) electrons. The maximum atomic E-state index is 5.91. The molecule has 1 aromatic heterocycles. The number of methoxy groups -OCH3 is 1. The molecular weight excluding hydrogens is 272 g/mol. The average molecular weight is 278 g/mol. The quantitative estimate of drug-likeness (QED) is 0.754. The monoisotopic (exact) mass is 276 g/mol. The fraction of sp³-hybridized carbons (Fsp3) is 0.111. The van der Waals surface area contributed by atoms with Gasteiger partial charge >= 0.3 is 0 Å². The van der Waals surface area contributed by atoms with Gasteiger partial charge in [-0.05, 0) is 34.1 Å². The van der Waals surface area contributed by atoms with Crippen molar-refractivity contribution in [3.63, 3.8) is 0 Å². The summed E-state index contributed by atoms with van der Waals surface area (Å²) >= 11 is 11.0. The normalized spacial score (nSPS) is 10.7. The van der Waals surface area contributed by atoms with Gasteiger partial charge < -0.3 is 4.74 Å². The molecule has 0 aliphatic rings. The number of halogens is 2. The maximum absolute atomic E-state index is 5.91. The van der Waals surface area contributed by atoms with Gasteiger partial charge in [-0.1, -0.05) is 11.6 Å². The Bertz CT molecular complexity index is 452. The summed E-state index contributed by atoms with van der Waals surface area (Å²) in [6.45, 7) is 0. The van der Waals surface area contributed by atoms with Crippen LogP contribution in [0.4, 0.5) is 0 Å². The second kappa shape index (κ2) is 3.48. The lowest BCUT2D eigenvalue weighted by molar-refractivity contribution is 0.413. The van der Waals surface area contributed by atoms with Crippen molar-refractivity contribution in [1.82, 2.24) is 0 Å². The zero-order chi connectivity index (χ0) is 9.42. The second-order valence-electron chi connectivity index (χ2n) is 2.54. The molecule has 0 saturated heterocycles. The van der Waals surface area contributed by atoms with Crippen molar-refractivity contribution in [2.75, 3.05) is 7.11 Å². The smallest absolute Gasteiger partial charge is 0.133 e. The van der Waals surface area contributed by atoms with Crippen LogP contribution in [0.3, 0.4) is 0 Å². The van der Waals surface area contributed by atoms with Crippen LogP contribution in [0.5, 0.6) is 5.75 Å². The maximum Gasteiger partial charge on any atom is 0.133 e. The summed E-state index contributed by atoms with van der Waals surface area (Å²) in [5.41, 5.74) is 0. The SMILES string of the molecule is COc1ccc2sc(Cl)cc2c1Br. The summed E-state index contributed by atoms with van der Waals surface area (Å²) < 4.78 is 8.11. The predicted molar refractivity (Wildman–Crippen MR) is 61.1 cm³/mol. The summed E-state index contributed by atoms with van der Waals surface area (Å²) in [5, 5.41) is 1.11. The van der Waals surface area contributed by atoms with Gasteiger partial charge in [-0.3, -0.25) is 0 Å². The highest BCUT2D eigenvalue weighted by molar-refractivity contribution is 9.10. The average Bonchev–Trinajstić information content (AvgIpc) is 2.47. The first-order chi connectivity index (χ1) is 6.22. The van der Waals surface area contributed by atoms with E-state index < -0.39 is 0 Å². The Labute approximate surface area is 93.4 Å². The molecule has 0 bridgehead atoms. The molecule has 0 saturated carbocycles. The minimum atomic E-state index is 0.795. The molecule has 13 heavy (non-hydrogen) atoms. The van der Waals surface area contributed by atoms with Crippen molar-refractivity contribution in [2.45, 2.75) is 0 Å². The molecule has 4 heteroatoms. The van der Waals surface area contributed by atoms with E-state index in [-0.39, 0.29) is 0 Å². The van der Waals surface area contributed by atoms with E-state index in [2.05, 4.69) is 15.9 Å². The molecule has 0 unspecified atom stereocenters. The van der Waals surface area contributed by atoms with Crippen molar-refractivity contribution in [1.29, 1.82) is 0 Å². The first-order valence-corrected chi connectivity index (χ1v) is 5.62. The fourth-order valence-electron chi connectivity index (χ4n) is 1.18. The van der Waals surface area contributed by atoms with Crippen molar-refractivity contribution < 1.29 is 4.74 Å². The Hall–Kier alpha value is -0.250. The first-order valence-electron chi connectivity index (χ1n) is 3.64. The van der Waals surface area contributed by atoms with Crippen LogP contribution in [-0.4, -0.2) is 7.11 Å². The van der Waals surface area contributed by atoms with Crippen LogP contribution < -0.4 is 4.74 Å². The Balaban J connectivity index is 2.78. The van der Waals surface area contributed by atoms with Gasteiger partial charge in [-0.25, -0.2) is 0 Å². The van der Waals surface area contributed by atoms with E-state index in [1.165, 1.54) is 0 Å². The number of thiophene rings is 1. The summed E-state index contributed by atoms with van der Waals surface area (Å²) in [4.78, 5) is 0. The highest BCUT2D eigenvalue weighted by Gasteiger charge is 2.07. The molecule has 0 amide bonds. The Kier molecular flexibility index (Phi) is 2.49. The zero-order valence-corrected chi connectivity index (χ0v) is 9.96. The van der Waals surface area contributed by atoms with Gasteiger partial charge in [0.05, 0.1) is 15.9 Å². The van der Waals surface area contributed by atoms with Crippen molar-refractivity contribution >= 4 is 49.0 Å². The number of rotatable bonds is 1. The summed E-state index contributed by atoms with van der Waals surface area (Å²) in [7, 11) is 1.65. The zero-order valence-electron chi connectivity index (χ0n) is 6.80. The number of fused-ring (bicyclic) bond motifs is 1. The second-order valence-corrected chi connectivity index (χ2v) is 5.05. The fourth-order valence-corrected chi connectivity index (χ4v) is 3.09. The molecule has 68 valence electrons. The molecule has 1 heterocycles. The standard InChI is InChI=1S/C9H6BrClOS/c1-12-6-2-3-7-5(9(6)10)4-8(11)13-7/h2-4H,1H3. The molecule has 2 aromatic rings. The van der Waals surface area contributed by atoms with Gasteiger partial charge in [0.2, 0.25) is 0 Å². The Morgan fingerprint density at radius 3 is 2.92 bits per heavy atom. The van der Waals surface area contributed by atoms with Crippen LogP contribution in [0.15, 0.2) is 22.7 Å². The largest absolute Gasteiger partial charge is 0.496 e. The third kappa shape index (κ3) is 1.56. The number of benzene rings is 1. The molecule has 0 atom stereocenters.